The van der Waals surface area contributed by atoms with E-state index in [0.29, 0.717) is 29.7 Å². The molecule has 7 nitrogen and oxygen atoms in total. The third-order valence-corrected chi connectivity index (χ3v) is 3.33. The zero-order valence-corrected chi connectivity index (χ0v) is 12.1. The Kier molecular flexibility index (Phi) is 4.67. The van der Waals surface area contributed by atoms with Gasteiger partial charge in [-0.25, -0.2) is 9.67 Å². The van der Waals surface area contributed by atoms with Crippen molar-refractivity contribution in [2.45, 2.75) is 26.3 Å². The molecule has 0 amide bonds. The molecule has 0 saturated heterocycles. The first kappa shape index (κ1) is 13.7. The number of aryl methyl sites for hydroxylation is 1. The summed E-state index contributed by atoms with van der Waals surface area (Å²) in [5, 5.41) is 13.8. The Morgan fingerprint density at radius 3 is 3.05 bits per heavy atom. The van der Waals surface area contributed by atoms with Crippen molar-refractivity contribution in [3.63, 3.8) is 0 Å². The highest BCUT2D eigenvalue weighted by atomic mass is 79.9. The number of hydrogen-bond donors (Lipinski definition) is 2. The Bertz CT molecular complexity index is 579. The van der Waals surface area contributed by atoms with Gasteiger partial charge in [0.25, 0.3) is 5.56 Å². The molecule has 0 fully saturated rings. The summed E-state index contributed by atoms with van der Waals surface area (Å²) in [5.74, 6) is 0.802. The molecule has 0 unspecified atom stereocenters. The van der Waals surface area contributed by atoms with Gasteiger partial charge in [-0.3, -0.25) is 9.89 Å². The fraction of sp³-hybridized carbons (Fsp3) is 0.455. The zero-order chi connectivity index (χ0) is 13.7. The molecule has 0 aliphatic carbocycles. The van der Waals surface area contributed by atoms with Gasteiger partial charge in [0, 0.05) is 19.5 Å². The van der Waals surface area contributed by atoms with Crippen LogP contribution in [0.15, 0.2) is 21.8 Å². The Hall–Kier alpha value is -1.70. The van der Waals surface area contributed by atoms with Gasteiger partial charge in [0.05, 0.1) is 11.9 Å². The lowest BCUT2D eigenvalue weighted by Crippen LogP contribution is -2.24. The number of nitrogens with one attached hydrogen (secondary N) is 2. The van der Waals surface area contributed by atoms with E-state index in [9.17, 15) is 4.79 Å². The molecule has 102 valence electrons. The van der Waals surface area contributed by atoms with E-state index < -0.39 is 0 Å². The molecule has 0 atom stereocenters. The summed E-state index contributed by atoms with van der Waals surface area (Å²) in [7, 11) is 0. The lowest BCUT2D eigenvalue weighted by Gasteiger charge is -2.09. The van der Waals surface area contributed by atoms with Gasteiger partial charge in [-0.1, -0.05) is 6.92 Å². The number of aromatic amines is 1. The van der Waals surface area contributed by atoms with Crippen molar-refractivity contribution < 1.29 is 0 Å². The molecule has 8 heteroatoms. The summed E-state index contributed by atoms with van der Waals surface area (Å²) in [5.41, 5.74) is 0.573. The predicted molar refractivity (Wildman–Crippen MR) is 75.1 cm³/mol. The second-order valence-corrected chi connectivity index (χ2v) is 4.80. The van der Waals surface area contributed by atoms with Gasteiger partial charge in [-0.15, -0.1) is 0 Å². The average Bonchev–Trinajstić information content (AvgIpc) is 2.91. The molecular weight excluding hydrogens is 312 g/mol. The second-order valence-electron chi connectivity index (χ2n) is 4.01. The highest BCUT2D eigenvalue weighted by molar-refractivity contribution is 9.10. The molecule has 2 N–H and O–H groups in total. The van der Waals surface area contributed by atoms with Gasteiger partial charge in [0.15, 0.2) is 0 Å². The van der Waals surface area contributed by atoms with E-state index in [1.807, 2.05) is 6.92 Å². The molecule has 2 heterocycles. The number of nitrogens with zero attached hydrogens (tertiary/aromatic N) is 4. The van der Waals surface area contributed by atoms with Crippen LogP contribution in [-0.4, -0.2) is 31.5 Å². The molecule has 0 bridgehead atoms. The molecule has 0 aliphatic heterocycles. The SMILES string of the molecule is CCCn1ncc(NCCc2ncn[nH]2)c(Br)c1=O. The van der Waals surface area contributed by atoms with E-state index in [-0.39, 0.29) is 5.56 Å². The average molecular weight is 327 g/mol. The number of halogens is 1. The Balaban J connectivity index is 2.01. The lowest BCUT2D eigenvalue weighted by atomic mass is 10.3. The summed E-state index contributed by atoms with van der Waals surface area (Å²) in [4.78, 5) is 16.0. The highest BCUT2D eigenvalue weighted by Crippen LogP contribution is 2.15. The summed E-state index contributed by atoms with van der Waals surface area (Å²) in [6.07, 6.45) is 4.70. The third-order valence-electron chi connectivity index (χ3n) is 2.56. The van der Waals surface area contributed by atoms with Crippen molar-refractivity contribution in [3.05, 3.63) is 33.2 Å². The molecule has 0 aromatic carbocycles. The minimum Gasteiger partial charge on any atom is -0.382 e. The molecule has 0 saturated carbocycles. The minimum atomic E-state index is -0.119. The van der Waals surface area contributed by atoms with E-state index in [4.69, 9.17) is 0 Å². The first-order valence-corrected chi connectivity index (χ1v) is 6.85. The van der Waals surface area contributed by atoms with Crippen LogP contribution in [0.4, 0.5) is 5.69 Å². The van der Waals surface area contributed by atoms with Gasteiger partial charge in [-0.2, -0.15) is 10.2 Å². The van der Waals surface area contributed by atoms with Crippen LogP contribution >= 0.6 is 15.9 Å². The molecule has 19 heavy (non-hydrogen) atoms. The summed E-state index contributed by atoms with van der Waals surface area (Å²) < 4.78 is 1.96. The summed E-state index contributed by atoms with van der Waals surface area (Å²) >= 11 is 3.31. The van der Waals surface area contributed by atoms with Crippen LogP contribution in [0.1, 0.15) is 19.2 Å². The van der Waals surface area contributed by atoms with Crippen LogP contribution in [-0.2, 0) is 13.0 Å². The van der Waals surface area contributed by atoms with E-state index in [1.54, 1.807) is 6.20 Å². The van der Waals surface area contributed by atoms with Gasteiger partial charge in [-0.05, 0) is 22.4 Å². The highest BCUT2D eigenvalue weighted by Gasteiger charge is 2.08. The number of aromatic nitrogens is 5. The molecule has 2 rings (SSSR count). The largest absolute Gasteiger partial charge is 0.382 e. The monoisotopic (exact) mass is 326 g/mol. The Morgan fingerprint density at radius 2 is 2.37 bits per heavy atom. The zero-order valence-electron chi connectivity index (χ0n) is 10.6. The lowest BCUT2D eigenvalue weighted by molar-refractivity contribution is 0.566. The Morgan fingerprint density at radius 1 is 1.53 bits per heavy atom. The van der Waals surface area contributed by atoms with E-state index >= 15 is 0 Å². The number of anilines is 1. The van der Waals surface area contributed by atoms with Crippen LogP contribution in [0.3, 0.4) is 0 Å². The van der Waals surface area contributed by atoms with Crippen LogP contribution < -0.4 is 10.9 Å². The van der Waals surface area contributed by atoms with Crippen molar-refractivity contribution in [2.75, 3.05) is 11.9 Å². The van der Waals surface area contributed by atoms with E-state index in [2.05, 4.69) is 41.5 Å². The first-order chi connectivity index (χ1) is 9.22. The maximum atomic E-state index is 12.0. The van der Waals surface area contributed by atoms with Crippen molar-refractivity contribution in [3.8, 4) is 0 Å². The van der Waals surface area contributed by atoms with Crippen molar-refractivity contribution in [1.82, 2.24) is 25.0 Å². The van der Waals surface area contributed by atoms with Gasteiger partial charge in [0.1, 0.15) is 16.6 Å². The molecule has 0 radical (unpaired) electrons. The number of hydrogen-bond acceptors (Lipinski definition) is 5. The van der Waals surface area contributed by atoms with E-state index in [0.717, 1.165) is 12.2 Å². The van der Waals surface area contributed by atoms with Crippen molar-refractivity contribution in [2.24, 2.45) is 0 Å². The molecule has 2 aromatic rings. The minimum absolute atomic E-state index is 0.119. The first-order valence-electron chi connectivity index (χ1n) is 6.06. The van der Waals surface area contributed by atoms with E-state index in [1.165, 1.54) is 11.0 Å². The topological polar surface area (TPSA) is 88.5 Å². The maximum Gasteiger partial charge on any atom is 0.283 e. The summed E-state index contributed by atoms with van der Waals surface area (Å²) in [6.45, 7) is 3.27. The number of H-pyrrole nitrogens is 1. The van der Waals surface area contributed by atoms with Crippen molar-refractivity contribution >= 4 is 21.6 Å². The molecule has 0 spiro atoms. The van der Waals surface area contributed by atoms with Crippen LogP contribution in [0.5, 0.6) is 0 Å². The predicted octanol–water partition coefficient (Wildman–Crippen LogP) is 1.19. The number of rotatable bonds is 6. The standard InChI is InChI=1S/C11H15BrN6O/c1-2-5-18-11(19)10(12)8(6-16-18)13-4-3-9-14-7-15-17-9/h6-7,13H,2-5H2,1H3,(H,14,15,17). The van der Waals surface area contributed by atoms with Crippen molar-refractivity contribution in [1.29, 1.82) is 0 Å². The quantitative estimate of drug-likeness (QED) is 0.832. The molecule has 2 aromatic heterocycles. The molecular formula is C11H15BrN6O. The maximum absolute atomic E-state index is 12.0. The van der Waals surface area contributed by atoms with Gasteiger partial charge < -0.3 is 5.32 Å². The Labute approximate surface area is 118 Å². The van der Waals surface area contributed by atoms with Crippen LogP contribution in [0.2, 0.25) is 0 Å². The normalized spacial score (nSPS) is 10.6. The van der Waals surface area contributed by atoms with Gasteiger partial charge in [0.2, 0.25) is 0 Å². The fourth-order valence-corrected chi connectivity index (χ4v) is 2.07. The third kappa shape index (κ3) is 3.40. The van der Waals surface area contributed by atoms with Crippen LogP contribution in [0, 0.1) is 0 Å². The molecule has 0 aliphatic rings. The smallest absolute Gasteiger partial charge is 0.283 e. The fourth-order valence-electron chi connectivity index (χ4n) is 1.63. The summed E-state index contributed by atoms with van der Waals surface area (Å²) in [6, 6.07) is 0. The second kappa shape index (κ2) is 6.46. The van der Waals surface area contributed by atoms with Crippen LogP contribution in [0.25, 0.3) is 0 Å². The van der Waals surface area contributed by atoms with Gasteiger partial charge >= 0.3 is 0 Å².